The average Bonchev–Trinajstić information content (AvgIpc) is 3.42. The van der Waals surface area contributed by atoms with Gasteiger partial charge in [0.15, 0.2) is 8.32 Å². The quantitative estimate of drug-likeness (QED) is 0.126. The Morgan fingerprint density at radius 1 is 0.882 bits per heavy atom. The van der Waals surface area contributed by atoms with Crippen molar-refractivity contribution in [2.24, 2.45) is 0 Å². The molecule has 1 aliphatic carbocycles. The first-order chi connectivity index (χ1) is 23.4. The Hall–Kier alpha value is -3.43. The van der Waals surface area contributed by atoms with E-state index >= 15 is 0 Å². The molecule has 0 spiro atoms. The molecular weight excluding hydrogens is 691 g/mol. The van der Waals surface area contributed by atoms with Crippen molar-refractivity contribution in [1.29, 1.82) is 0 Å². The molecule has 0 bridgehead atoms. The van der Waals surface area contributed by atoms with Crippen LogP contribution in [0.1, 0.15) is 112 Å². The van der Waals surface area contributed by atoms with Crippen LogP contribution in [-0.4, -0.2) is 69.3 Å². The number of benzene rings is 1. The van der Waals surface area contributed by atoms with E-state index in [1.165, 1.54) is 12.1 Å². The highest BCUT2D eigenvalue weighted by atomic mass is 32.2. The van der Waals surface area contributed by atoms with Gasteiger partial charge < -0.3 is 29.3 Å². The van der Waals surface area contributed by atoms with E-state index in [1.54, 1.807) is 47.6 Å². The minimum absolute atomic E-state index is 0.0401. The number of anilines is 2. The van der Waals surface area contributed by atoms with Crippen molar-refractivity contribution < 1.29 is 36.6 Å². The summed E-state index contributed by atoms with van der Waals surface area (Å²) in [7, 11) is -6.20. The Morgan fingerprint density at radius 3 is 2.12 bits per heavy atom. The Balaban J connectivity index is 1.67. The number of aromatic nitrogens is 2. The van der Waals surface area contributed by atoms with Gasteiger partial charge in [0.25, 0.3) is 10.0 Å². The van der Waals surface area contributed by atoms with Gasteiger partial charge in [-0.05, 0) is 122 Å². The molecule has 0 aliphatic heterocycles. The number of nitrogens with zero attached hydrogens (tertiary/aromatic N) is 2. The molecule has 2 atom stereocenters. The lowest BCUT2D eigenvalue weighted by atomic mass is 10.0. The van der Waals surface area contributed by atoms with Gasteiger partial charge in [-0.15, -0.1) is 0 Å². The van der Waals surface area contributed by atoms with Gasteiger partial charge in [0, 0.05) is 36.8 Å². The molecule has 1 saturated carbocycles. The fourth-order valence-corrected chi connectivity index (χ4v) is 7.56. The maximum Gasteiger partial charge on any atom is 0.421 e. The molecule has 1 heterocycles. The molecule has 2 amide bonds. The largest absolute Gasteiger partial charge is 0.492 e. The third-order valence-corrected chi connectivity index (χ3v) is 14.5. The predicted octanol–water partition coefficient (Wildman–Crippen LogP) is 8.17. The van der Waals surface area contributed by atoms with Crippen molar-refractivity contribution in [3.05, 3.63) is 36.2 Å². The lowest BCUT2D eigenvalue weighted by molar-refractivity contribution is 0.0523. The Morgan fingerprint density at radius 2 is 1.51 bits per heavy atom. The molecule has 0 radical (unpaired) electrons. The summed E-state index contributed by atoms with van der Waals surface area (Å²) in [5.74, 6) is 0.707. The molecule has 13 nitrogen and oxygen atoms in total. The van der Waals surface area contributed by atoms with E-state index < -0.39 is 41.7 Å². The van der Waals surface area contributed by atoms with E-state index in [2.05, 4.69) is 54.5 Å². The highest BCUT2D eigenvalue weighted by molar-refractivity contribution is 7.90. The maximum atomic E-state index is 13.3. The topological polar surface area (TPSA) is 167 Å². The molecule has 2 aromatic rings. The van der Waals surface area contributed by atoms with E-state index in [0.29, 0.717) is 43.4 Å². The number of unbranched alkanes of at least 4 members (excludes halogenated alkanes) is 2. The van der Waals surface area contributed by atoms with Crippen LogP contribution in [0.4, 0.5) is 21.2 Å². The summed E-state index contributed by atoms with van der Waals surface area (Å²) in [6, 6.07) is 4.44. The van der Waals surface area contributed by atoms with Gasteiger partial charge in [-0.25, -0.2) is 32.7 Å². The molecule has 286 valence electrons. The first-order valence-electron chi connectivity index (χ1n) is 17.7. The summed E-state index contributed by atoms with van der Waals surface area (Å²) in [6.45, 7) is 22.3. The number of carbonyl (C=O) groups is 2. The van der Waals surface area contributed by atoms with Crippen molar-refractivity contribution in [3.8, 4) is 5.75 Å². The van der Waals surface area contributed by atoms with Gasteiger partial charge in [0.2, 0.25) is 5.95 Å². The lowest BCUT2D eigenvalue weighted by Gasteiger charge is -2.38. The summed E-state index contributed by atoms with van der Waals surface area (Å²) < 4.78 is 51.5. The van der Waals surface area contributed by atoms with Crippen LogP contribution in [-0.2, 0) is 23.9 Å². The molecule has 0 saturated heterocycles. The number of rotatable bonds is 14. The Kier molecular flexibility index (Phi) is 13.9. The zero-order valence-electron chi connectivity index (χ0n) is 32.3. The highest BCUT2D eigenvalue weighted by Crippen LogP contribution is 2.42. The summed E-state index contributed by atoms with van der Waals surface area (Å²) in [5.41, 5.74) is 0.0901. The monoisotopic (exact) mass is 749 g/mol. The van der Waals surface area contributed by atoms with Gasteiger partial charge in [-0.3, -0.25) is 0 Å². The summed E-state index contributed by atoms with van der Waals surface area (Å²) in [4.78, 5) is 33.1. The SMILES string of the molecule is CC(C)(C)OC(=O)NCCCCCOc1cc(Nc2ncc(C3CCC(O[Si](C)(C)C(C)(C)C)C3)cn2)ccc1S(=O)(=O)NC(=O)OC(C)(C)C. The number of nitrogens with one attached hydrogen (secondary N) is 3. The molecule has 1 aromatic carbocycles. The standard InChI is InChI=1S/C36H59N5O8SSi/c1-34(2,3)47-32(42)37-19-13-12-14-20-46-29-22-27(16-18-30(29)50(44,45)41-33(43)48-35(4,5)6)40-31-38-23-26(24-39-31)25-15-17-28(21-25)49-51(10,11)36(7,8)9/h16,18,22-25,28H,12-15,17,19-21H2,1-11H3,(H,37,42)(H,41,43)(H,38,39,40). The van der Waals surface area contributed by atoms with Crippen LogP contribution >= 0.6 is 0 Å². The van der Waals surface area contributed by atoms with Crippen molar-refractivity contribution in [1.82, 2.24) is 20.0 Å². The van der Waals surface area contributed by atoms with Crippen molar-refractivity contribution in [2.45, 2.75) is 147 Å². The minimum atomic E-state index is -4.35. The van der Waals surface area contributed by atoms with Gasteiger partial charge in [-0.2, -0.15) is 0 Å². The Labute approximate surface area is 305 Å². The van der Waals surface area contributed by atoms with Crippen LogP contribution in [0.2, 0.25) is 18.1 Å². The van der Waals surface area contributed by atoms with Gasteiger partial charge in [0.1, 0.15) is 21.8 Å². The van der Waals surface area contributed by atoms with Crippen LogP contribution in [0.15, 0.2) is 35.5 Å². The number of carbonyl (C=O) groups excluding carboxylic acids is 2. The van der Waals surface area contributed by atoms with E-state index in [0.717, 1.165) is 24.8 Å². The van der Waals surface area contributed by atoms with Crippen LogP contribution in [0, 0.1) is 0 Å². The highest BCUT2D eigenvalue weighted by Gasteiger charge is 2.41. The molecule has 51 heavy (non-hydrogen) atoms. The average molecular weight is 750 g/mol. The number of hydrogen-bond donors (Lipinski definition) is 3. The minimum Gasteiger partial charge on any atom is -0.492 e. The lowest BCUT2D eigenvalue weighted by Crippen LogP contribution is -2.43. The summed E-state index contributed by atoms with van der Waals surface area (Å²) in [6.07, 6.45) is 7.25. The molecule has 1 aliphatic rings. The molecule has 2 unspecified atom stereocenters. The second-order valence-corrected chi connectivity index (χ2v) is 23.0. The molecule has 15 heteroatoms. The third-order valence-electron chi connectivity index (χ3n) is 8.65. The van der Waals surface area contributed by atoms with Crippen LogP contribution in [0.25, 0.3) is 0 Å². The number of amides is 2. The van der Waals surface area contributed by atoms with E-state index in [9.17, 15) is 18.0 Å². The smallest absolute Gasteiger partial charge is 0.421 e. The zero-order valence-corrected chi connectivity index (χ0v) is 34.1. The maximum absolute atomic E-state index is 13.3. The Bertz CT molecular complexity index is 1580. The number of alkyl carbamates (subject to hydrolysis) is 1. The van der Waals surface area contributed by atoms with Gasteiger partial charge in [0.05, 0.1) is 6.61 Å². The molecule has 1 fully saturated rings. The van der Waals surface area contributed by atoms with Gasteiger partial charge >= 0.3 is 12.2 Å². The fourth-order valence-electron chi connectivity index (χ4n) is 5.16. The number of ether oxygens (including phenoxy) is 3. The van der Waals surface area contributed by atoms with Crippen molar-refractivity contribution in [2.75, 3.05) is 18.5 Å². The van der Waals surface area contributed by atoms with Crippen LogP contribution < -0.4 is 20.1 Å². The molecule has 3 N–H and O–H groups in total. The number of hydrogen-bond acceptors (Lipinski definition) is 11. The van der Waals surface area contributed by atoms with Crippen molar-refractivity contribution in [3.63, 3.8) is 0 Å². The number of sulfonamides is 1. The summed E-state index contributed by atoms with van der Waals surface area (Å²) >= 11 is 0. The van der Waals surface area contributed by atoms with Crippen LogP contribution in [0.5, 0.6) is 5.75 Å². The fraction of sp³-hybridized carbons (Fsp3) is 0.667. The van der Waals surface area contributed by atoms with Crippen LogP contribution in [0.3, 0.4) is 0 Å². The third kappa shape index (κ3) is 13.9. The first kappa shape index (κ1) is 42.0. The van der Waals surface area contributed by atoms with E-state index in [4.69, 9.17) is 18.6 Å². The molecule has 3 rings (SSSR count). The first-order valence-corrected chi connectivity index (χ1v) is 22.1. The van der Waals surface area contributed by atoms with Gasteiger partial charge in [-0.1, -0.05) is 20.8 Å². The van der Waals surface area contributed by atoms with Crippen molar-refractivity contribution >= 4 is 42.2 Å². The predicted molar refractivity (Wildman–Crippen MR) is 201 cm³/mol. The van der Waals surface area contributed by atoms with E-state index in [-0.39, 0.29) is 28.4 Å². The molecule has 1 aromatic heterocycles. The second kappa shape index (κ2) is 16.9. The van der Waals surface area contributed by atoms with E-state index in [1.807, 2.05) is 17.1 Å². The normalized spacial score (nSPS) is 17.1. The zero-order chi connectivity index (χ0) is 38.3. The second-order valence-electron chi connectivity index (χ2n) is 16.6. The summed E-state index contributed by atoms with van der Waals surface area (Å²) in [5, 5.41) is 6.01. The molecular formula is C36H59N5O8SSi.